The van der Waals surface area contributed by atoms with Gasteiger partial charge in [-0.3, -0.25) is 9.59 Å². The van der Waals surface area contributed by atoms with Crippen molar-refractivity contribution in [1.82, 2.24) is 14.9 Å². The van der Waals surface area contributed by atoms with Crippen LogP contribution in [0.3, 0.4) is 0 Å². The molecule has 0 unspecified atom stereocenters. The van der Waals surface area contributed by atoms with E-state index in [9.17, 15) is 9.59 Å². The number of rotatable bonds is 8. The highest BCUT2D eigenvalue weighted by atomic mass is 35.5. The van der Waals surface area contributed by atoms with Crippen LogP contribution >= 0.6 is 11.6 Å². The van der Waals surface area contributed by atoms with Crippen LogP contribution in [0.2, 0.25) is 5.02 Å². The van der Waals surface area contributed by atoms with E-state index in [-0.39, 0.29) is 22.8 Å². The molecule has 1 amide bonds. The summed E-state index contributed by atoms with van der Waals surface area (Å²) in [4.78, 5) is 36.5. The predicted molar refractivity (Wildman–Crippen MR) is 137 cm³/mol. The zero-order valence-electron chi connectivity index (χ0n) is 19.2. The normalized spacial score (nSPS) is 13.7. The number of hydrogen-bond acceptors (Lipinski definition) is 8. The van der Waals surface area contributed by atoms with Crippen LogP contribution in [0.1, 0.15) is 10.4 Å². The third-order valence-electron chi connectivity index (χ3n) is 5.49. The molecule has 1 aromatic heterocycles. The number of carbonyl (C=O) groups excluding carboxylic acids is 2. The van der Waals surface area contributed by atoms with Crippen LogP contribution in [-0.4, -0.2) is 60.3 Å². The van der Waals surface area contributed by atoms with Crippen LogP contribution in [0.25, 0.3) is 0 Å². The molecule has 4 rings (SSSR count). The van der Waals surface area contributed by atoms with E-state index >= 15 is 0 Å². The quantitative estimate of drug-likeness (QED) is 0.353. The molecule has 0 bridgehead atoms. The largest absolute Gasteiger partial charge is 0.437 e. The van der Waals surface area contributed by atoms with Crippen molar-refractivity contribution in [3.63, 3.8) is 0 Å². The van der Waals surface area contributed by atoms with Gasteiger partial charge in [0.05, 0.1) is 11.9 Å². The molecule has 2 heterocycles. The summed E-state index contributed by atoms with van der Waals surface area (Å²) in [5.41, 5.74) is 2.59. The molecule has 1 fully saturated rings. The van der Waals surface area contributed by atoms with Gasteiger partial charge < -0.3 is 25.2 Å². The van der Waals surface area contributed by atoms with Crippen LogP contribution in [0.4, 0.5) is 23.0 Å². The van der Waals surface area contributed by atoms with Gasteiger partial charge in [-0.25, -0.2) is 4.98 Å². The number of likely N-dealkylation sites (N-methyl/N-ethyl adjacent to an activating group) is 1. The van der Waals surface area contributed by atoms with Gasteiger partial charge in [0.15, 0.2) is 6.29 Å². The van der Waals surface area contributed by atoms with Gasteiger partial charge >= 0.3 is 0 Å². The van der Waals surface area contributed by atoms with E-state index in [1.165, 1.54) is 12.3 Å². The van der Waals surface area contributed by atoms with Crippen LogP contribution in [0, 0.1) is 0 Å². The lowest BCUT2D eigenvalue weighted by molar-refractivity contribution is -0.111. The number of carbonyl (C=O) groups is 2. The highest BCUT2D eigenvalue weighted by Gasteiger charge is 2.16. The summed E-state index contributed by atoms with van der Waals surface area (Å²) in [6.45, 7) is 7.19. The van der Waals surface area contributed by atoms with Crippen LogP contribution in [0.5, 0.6) is 11.6 Å². The molecule has 1 saturated heterocycles. The van der Waals surface area contributed by atoms with E-state index in [1.807, 2.05) is 18.2 Å². The smallest absolute Gasteiger partial charge is 0.247 e. The molecule has 3 aromatic rings. The minimum Gasteiger partial charge on any atom is -0.437 e. The predicted octanol–water partition coefficient (Wildman–Crippen LogP) is 4.35. The molecule has 35 heavy (non-hydrogen) atoms. The number of anilines is 4. The molecular weight excluding hydrogens is 468 g/mol. The Morgan fingerprint density at radius 1 is 1.17 bits per heavy atom. The standard InChI is InChI=1S/C25H25ClN6O3/c1-3-23(34)28-18-5-4-6-20(14-18)35-24-21(26)15-27-25(30-24)29-22-8-7-19(13-17(22)16-33)32-11-9-31(2)10-12-32/h3-8,13-16H,1,9-12H2,2H3,(H,28,34)(H,27,29,30). The van der Waals surface area contributed by atoms with Crippen molar-refractivity contribution in [2.24, 2.45) is 0 Å². The Morgan fingerprint density at radius 2 is 1.97 bits per heavy atom. The Bertz CT molecular complexity index is 1240. The van der Waals surface area contributed by atoms with Crippen LogP contribution in [-0.2, 0) is 4.79 Å². The first-order valence-electron chi connectivity index (χ1n) is 11.0. The van der Waals surface area contributed by atoms with Gasteiger partial charge in [0.25, 0.3) is 0 Å². The molecule has 1 aliphatic heterocycles. The van der Waals surface area contributed by atoms with Gasteiger partial charge in [0.2, 0.25) is 17.7 Å². The van der Waals surface area contributed by atoms with E-state index in [0.717, 1.165) is 38.2 Å². The molecular formula is C25H25ClN6O3. The summed E-state index contributed by atoms with van der Waals surface area (Å²) in [5, 5.41) is 5.94. The van der Waals surface area contributed by atoms with Crippen molar-refractivity contribution in [1.29, 1.82) is 0 Å². The molecule has 0 aliphatic carbocycles. The van der Waals surface area contributed by atoms with Gasteiger partial charge in [-0.1, -0.05) is 24.2 Å². The van der Waals surface area contributed by atoms with Crippen molar-refractivity contribution in [3.8, 4) is 11.6 Å². The molecule has 0 saturated carbocycles. The number of aromatic nitrogens is 2. The summed E-state index contributed by atoms with van der Waals surface area (Å²) in [5.74, 6) is 0.427. The van der Waals surface area contributed by atoms with Crippen molar-refractivity contribution in [3.05, 3.63) is 71.9 Å². The van der Waals surface area contributed by atoms with E-state index < -0.39 is 0 Å². The number of hydrogen-bond donors (Lipinski definition) is 2. The summed E-state index contributed by atoms with van der Waals surface area (Å²) in [7, 11) is 2.10. The van der Waals surface area contributed by atoms with Crippen LogP contribution < -0.4 is 20.3 Å². The lowest BCUT2D eigenvalue weighted by Gasteiger charge is -2.34. The first kappa shape index (κ1) is 24.2. The Morgan fingerprint density at radius 3 is 2.71 bits per heavy atom. The number of nitrogens with zero attached hydrogens (tertiary/aromatic N) is 4. The highest BCUT2D eigenvalue weighted by Crippen LogP contribution is 2.31. The van der Waals surface area contributed by atoms with Gasteiger partial charge in [0, 0.05) is 49.2 Å². The zero-order chi connectivity index (χ0) is 24.8. The van der Waals surface area contributed by atoms with Crippen molar-refractivity contribution < 1.29 is 14.3 Å². The first-order valence-corrected chi connectivity index (χ1v) is 11.4. The van der Waals surface area contributed by atoms with Crippen molar-refractivity contribution in [2.45, 2.75) is 0 Å². The number of halogens is 1. The fourth-order valence-corrected chi connectivity index (χ4v) is 3.70. The molecule has 0 radical (unpaired) electrons. The third kappa shape index (κ3) is 6.14. The second-order valence-electron chi connectivity index (χ2n) is 7.97. The van der Waals surface area contributed by atoms with Gasteiger partial charge in [0.1, 0.15) is 10.8 Å². The van der Waals surface area contributed by atoms with E-state index in [0.29, 0.717) is 22.7 Å². The molecule has 1 aliphatic rings. The fourth-order valence-electron chi connectivity index (χ4n) is 3.57. The number of ether oxygens (including phenoxy) is 1. The molecule has 10 heteroatoms. The van der Waals surface area contributed by atoms with E-state index in [4.69, 9.17) is 16.3 Å². The maximum atomic E-state index is 11.8. The number of aldehydes is 1. The summed E-state index contributed by atoms with van der Waals surface area (Å²) < 4.78 is 5.83. The number of amides is 1. The molecule has 9 nitrogen and oxygen atoms in total. The van der Waals surface area contributed by atoms with Gasteiger partial charge in [-0.2, -0.15) is 4.98 Å². The Kier molecular flexibility index (Phi) is 7.59. The average Bonchev–Trinajstić information content (AvgIpc) is 2.87. The number of nitrogens with one attached hydrogen (secondary N) is 2. The molecule has 0 spiro atoms. The molecule has 180 valence electrons. The summed E-state index contributed by atoms with van der Waals surface area (Å²) in [6.07, 6.45) is 3.39. The van der Waals surface area contributed by atoms with E-state index in [1.54, 1.807) is 24.3 Å². The van der Waals surface area contributed by atoms with Crippen molar-refractivity contribution in [2.75, 3.05) is 48.8 Å². The summed E-state index contributed by atoms with van der Waals surface area (Å²) in [6, 6.07) is 12.4. The molecule has 2 aromatic carbocycles. The summed E-state index contributed by atoms with van der Waals surface area (Å²) >= 11 is 6.25. The maximum absolute atomic E-state index is 11.8. The fraction of sp³-hybridized carbons (Fsp3) is 0.200. The molecule has 2 N–H and O–H groups in total. The Balaban J connectivity index is 1.51. The maximum Gasteiger partial charge on any atom is 0.247 e. The number of piperazine rings is 1. The van der Waals surface area contributed by atoms with Crippen LogP contribution in [0.15, 0.2) is 61.3 Å². The average molecular weight is 493 g/mol. The third-order valence-corrected chi connectivity index (χ3v) is 5.75. The van der Waals surface area contributed by atoms with Crippen molar-refractivity contribution >= 4 is 46.8 Å². The van der Waals surface area contributed by atoms with Gasteiger partial charge in [-0.05, 0) is 43.5 Å². The first-order chi connectivity index (χ1) is 16.9. The molecule has 0 atom stereocenters. The Labute approximate surface area is 208 Å². The topological polar surface area (TPSA) is 99.7 Å². The zero-order valence-corrected chi connectivity index (χ0v) is 20.0. The number of benzene rings is 2. The lowest BCUT2D eigenvalue weighted by Crippen LogP contribution is -2.44. The van der Waals surface area contributed by atoms with E-state index in [2.05, 4.69) is 44.0 Å². The minimum absolute atomic E-state index is 0.123. The Hall–Kier alpha value is -3.95. The lowest BCUT2D eigenvalue weighted by atomic mass is 10.1. The second kappa shape index (κ2) is 11.0. The monoisotopic (exact) mass is 492 g/mol. The van der Waals surface area contributed by atoms with Gasteiger partial charge in [-0.15, -0.1) is 0 Å². The second-order valence-corrected chi connectivity index (χ2v) is 8.38. The highest BCUT2D eigenvalue weighted by molar-refractivity contribution is 6.31. The SMILES string of the molecule is C=CC(=O)Nc1cccc(Oc2nc(Nc3ccc(N4CCN(C)CC4)cc3C=O)ncc2Cl)c1. The minimum atomic E-state index is -0.335.